The summed E-state index contributed by atoms with van der Waals surface area (Å²) >= 11 is 3.50. The molecule has 4 nitrogen and oxygen atoms in total. The van der Waals surface area contributed by atoms with Crippen LogP contribution < -0.4 is 5.32 Å². The molecule has 0 aliphatic rings. The Morgan fingerprint density at radius 1 is 1.35 bits per heavy atom. The number of nitrogens with one attached hydrogen (secondary N) is 1. The van der Waals surface area contributed by atoms with Crippen molar-refractivity contribution >= 4 is 27.5 Å². The van der Waals surface area contributed by atoms with Crippen molar-refractivity contribution in [2.45, 2.75) is 33.2 Å². The van der Waals surface area contributed by atoms with Gasteiger partial charge in [-0.15, -0.1) is 0 Å². The zero-order chi connectivity index (χ0) is 14.7. The number of carbonyl (C=O) groups excluding carboxylic acids is 1. The van der Waals surface area contributed by atoms with Crippen molar-refractivity contribution < 1.29 is 4.79 Å². The van der Waals surface area contributed by atoms with E-state index in [9.17, 15) is 4.79 Å². The van der Waals surface area contributed by atoms with Gasteiger partial charge in [0.05, 0.1) is 21.9 Å². The third-order valence-electron chi connectivity index (χ3n) is 3.19. The van der Waals surface area contributed by atoms with Gasteiger partial charge in [0, 0.05) is 12.1 Å². The van der Waals surface area contributed by atoms with Gasteiger partial charge in [0.15, 0.2) is 0 Å². The summed E-state index contributed by atoms with van der Waals surface area (Å²) < 4.78 is 2.90. The number of para-hydroxylation sites is 1. The molecule has 0 aliphatic heterocycles. The summed E-state index contributed by atoms with van der Waals surface area (Å²) in [7, 11) is 0. The molecule has 0 unspecified atom stereocenters. The maximum atomic E-state index is 12.0. The Bertz CT molecular complexity index is 607. The largest absolute Gasteiger partial charge is 0.326 e. The fourth-order valence-electron chi connectivity index (χ4n) is 2.16. The molecule has 1 heterocycles. The minimum absolute atomic E-state index is 0.00706. The summed E-state index contributed by atoms with van der Waals surface area (Å²) in [6, 6.07) is 9.49. The van der Waals surface area contributed by atoms with Gasteiger partial charge in [0.2, 0.25) is 5.91 Å². The first kappa shape index (κ1) is 14.8. The minimum Gasteiger partial charge on any atom is -0.326 e. The van der Waals surface area contributed by atoms with Gasteiger partial charge >= 0.3 is 0 Å². The van der Waals surface area contributed by atoms with Crippen LogP contribution in [0.4, 0.5) is 5.69 Å². The molecule has 2 aromatic rings. The Morgan fingerprint density at radius 2 is 2.00 bits per heavy atom. The molecular weight excluding hydrogens is 318 g/mol. The lowest BCUT2D eigenvalue weighted by Crippen LogP contribution is -2.19. The molecule has 1 atom stereocenters. The minimum atomic E-state index is -0.00706. The summed E-state index contributed by atoms with van der Waals surface area (Å²) in [4.78, 5) is 12.0. The third-order valence-corrected chi connectivity index (χ3v) is 4.34. The van der Waals surface area contributed by atoms with Crippen LogP contribution in [-0.2, 0) is 4.79 Å². The molecule has 1 aromatic carbocycles. The predicted molar refractivity (Wildman–Crippen MR) is 83.8 cm³/mol. The first-order valence-electron chi connectivity index (χ1n) is 6.55. The van der Waals surface area contributed by atoms with Gasteiger partial charge < -0.3 is 5.32 Å². The SMILES string of the molecule is Cc1nn([C@@H](C)CC(=O)Nc2ccccc2)c(C)c1Br. The molecule has 0 spiro atoms. The molecule has 2 rings (SSSR count). The number of hydrogen-bond donors (Lipinski definition) is 1. The van der Waals surface area contributed by atoms with E-state index in [1.54, 1.807) is 0 Å². The highest BCUT2D eigenvalue weighted by Crippen LogP contribution is 2.24. The van der Waals surface area contributed by atoms with Crippen molar-refractivity contribution in [1.82, 2.24) is 9.78 Å². The van der Waals surface area contributed by atoms with Crippen LogP contribution in [0.3, 0.4) is 0 Å². The number of aromatic nitrogens is 2. The molecule has 0 radical (unpaired) electrons. The number of halogens is 1. The highest BCUT2D eigenvalue weighted by atomic mass is 79.9. The van der Waals surface area contributed by atoms with Crippen molar-refractivity contribution in [2.24, 2.45) is 0 Å². The Morgan fingerprint density at radius 3 is 2.55 bits per heavy atom. The molecule has 20 heavy (non-hydrogen) atoms. The summed E-state index contributed by atoms with van der Waals surface area (Å²) in [5, 5.41) is 7.35. The van der Waals surface area contributed by atoms with E-state index in [0.29, 0.717) is 6.42 Å². The highest BCUT2D eigenvalue weighted by Gasteiger charge is 2.16. The number of amides is 1. The zero-order valence-corrected chi connectivity index (χ0v) is 13.4. The molecule has 1 aromatic heterocycles. The number of carbonyl (C=O) groups is 1. The second-order valence-electron chi connectivity index (χ2n) is 4.90. The summed E-state index contributed by atoms with van der Waals surface area (Å²) in [5.41, 5.74) is 2.81. The molecule has 0 saturated carbocycles. The van der Waals surface area contributed by atoms with Crippen LogP contribution in [0.2, 0.25) is 0 Å². The van der Waals surface area contributed by atoms with Crippen molar-refractivity contribution in [2.75, 3.05) is 5.32 Å². The number of benzene rings is 1. The standard InChI is InChI=1S/C15H18BrN3O/c1-10(19-12(3)15(16)11(2)18-19)9-14(20)17-13-7-5-4-6-8-13/h4-8,10H,9H2,1-3H3,(H,17,20)/t10-/m0/s1. The topological polar surface area (TPSA) is 46.9 Å². The van der Waals surface area contributed by atoms with Crippen LogP contribution in [-0.4, -0.2) is 15.7 Å². The fraction of sp³-hybridized carbons (Fsp3) is 0.333. The summed E-state index contributed by atoms with van der Waals surface area (Å²) in [5.74, 6) is -0.00706. The van der Waals surface area contributed by atoms with E-state index in [1.807, 2.05) is 55.8 Å². The number of aryl methyl sites for hydroxylation is 1. The van der Waals surface area contributed by atoms with E-state index >= 15 is 0 Å². The van der Waals surface area contributed by atoms with E-state index in [1.165, 1.54) is 0 Å². The van der Waals surface area contributed by atoms with E-state index in [-0.39, 0.29) is 11.9 Å². The normalized spacial score (nSPS) is 12.2. The lowest BCUT2D eigenvalue weighted by molar-refractivity contribution is -0.116. The number of rotatable bonds is 4. The van der Waals surface area contributed by atoms with Gasteiger partial charge in [-0.3, -0.25) is 9.48 Å². The highest BCUT2D eigenvalue weighted by molar-refractivity contribution is 9.10. The molecule has 106 valence electrons. The van der Waals surface area contributed by atoms with Crippen molar-refractivity contribution in [1.29, 1.82) is 0 Å². The summed E-state index contributed by atoms with van der Waals surface area (Å²) in [6.45, 7) is 5.94. The lowest BCUT2D eigenvalue weighted by Gasteiger charge is -2.14. The van der Waals surface area contributed by atoms with Gasteiger partial charge in [-0.2, -0.15) is 5.10 Å². The number of nitrogens with zero attached hydrogens (tertiary/aromatic N) is 2. The Labute approximate surface area is 127 Å². The Hall–Kier alpha value is -1.62. The first-order valence-corrected chi connectivity index (χ1v) is 7.34. The monoisotopic (exact) mass is 335 g/mol. The quantitative estimate of drug-likeness (QED) is 0.922. The van der Waals surface area contributed by atoms with Crippen LogP contribution in [0.1, 0.15) is 30.8 Å². The molecule has 0 fully saturated rings. The van der Waals surface area contributed by atoms with Crippen molar-refractivity contribution in [3.63, 3.8) is 0 Å². The maximum absolute atomic E-state index is 12.0. The molecule has 0 bridgehead atoms. The van der Waals surface area contributed by atoms with Gasteiger partial charge in [-0.1, -0.05) is 18.2 Å². The van der Waals surface area contributed by atoms with Crippen molar-refractivity contribution in [3.05, 3.63) is 46.2 Å². The number of hydrogen-bond acceptors (Lipinski definition) is 2. The van der Waals surface area contributed by atoms with Crippen LogP contribution in [0.5, 0.6) is 0 Å². The van der Waals surface area contributed by atoms with Gasteiger partial charge in [-0.05, 0) is 48.8 Å². The molecule has 1 amide bonds. The van der Waals surface area contributed by atoms with Crippen LogP contribution in [0.15, 0.2) is 34.8 Å². The molecular formula is C15H18BrN3O. The predicted octanol–water partition coefficient (Wildman–Crippen LogP) is 3.85. The van der Waals surface area contributed by atoms with Gasteiger partial charge in [0.25, 0.3) is 0 Å². The average molecular weight is 336 g/mol. The molecule has 5 heteroatoms. The second kappa shape index (κ2) is 6.22. The van der Waals surface area contributed by atoms with E-state index in [2.05, 4.69) is 26.3 Å². The van der Waals surface area contributed by atoms with Crippen LogP contribution in [0, 0.1) is 13.8 Å². The van der Waals surface area contributed by atoms with Gasteiger partial charge in [-0.25, -0.2) is 0 Å². The molecule has 0 aliphatic carbocycles. The van der Waals surface area contributed by atoms with E-state index < -0.39 is 0 Å². The van der Waals surface area contributed by atoms with Crippen molar-refractivity contribution in [3.8, 4) is 0 Å². The van der Waals surface area contributed by atoms with Crippen LogP contribution >= 0.6 is 15.9 Å². The smallest absolute Gasteiger partial charge is 0.226 e. The summed E-state index contributed by atoms with van der Waals surface area (Å²) in [6.07, 6.45) is 0.392. The Kier molecular flexibility index (Phi) is 4.60. The Balaban J connectivity index is 2.02. The second-order valence-corrected chi connectivity index (χ2v) is 5.69. The molecule has 1 N–H and O–H groups in total. The molecule has 0 saturated heterocycles. The van der Waals surface area contributed by atoms with Gasteiger partial charge in [0.1, 0.15) is 0 Å². The maximum Gasteiger partial charge on any atom is 0.226 e. The average Bonchev–Trinajstić information content (AvgIpc) is 2.67. The van der Waals surface area contributed by atoms with E-state index in [0.717, 1.165) is 21.5 Å². The number of anilines is 1. The zero-order valence-electron chi connectivity index (χ0n) is 11.9. The van der Waals surface area contributed by atoms with Crippen LogP contribution in [0.25, 0.3) is 0 Å². The van der Waals surface area contributed by atoms with E-state index in [4.69, 9.17) is 0 Å². The first-order chi connectivity index (χ1) is 9.49. The fourth-order valence-corrected chi connectivity index (χ4v) is 2.42. The third kappa shape index (κ3) is 3.28. The lowest BCUT2D eigenvalue weighted by atomic mass is 10.2.